The van der Waals surface area contributed by atoms with E-state index >= 15 is 0 Å². The second-order valence-corrected chi connectivity index (χ2v) is 8.16. The highest BCUT2D eigenvalue weighted by Crippen LogP contribution is 2.48. The minimum atomic E-state index is 0.0355. The molecular weight excluding hydrogens is 332 g/mol. The Balaban J connectivity index is 1.40. The number of carbonyl (C=O) groups is 1. The van der Waals surface area contributed by atoms with E-state index in [1.165, 1.54) is 22.6 Å². The number of hydrogen-bond acceptors (Lipinski definition) is 4. The van der Waals surface area contributed by atoms with Gasteiger partial charge >= 0.3 is 0 Å². The van der Waals surface area contributed by atoms with Crippen LogP contribution in [0.1, 0.15) is 29.2 Å². The number of nitrogens with one attached hydrogen (secondary N) is 1. The summed E-state index contributed by atoms with van der Waals surface area (Å²) < 4.78 is 5.43. The quantitative estimate of drug-likeness (QED) is 0.883. The van der Waals surface area contributed by atoms with Crippen LogP contribution in [0.4, 0.5) is 5.69 Å². The lowest BCUT2D eigenvalue weighted by Crippen LogP contribution is -2.32. The van der Waals surface area contributed by atoms with Crippen molar-refractivity contribution < 1.29 is 9.21 Å². The average Bonchev–Trinajstić information content (AvgIpc) is 3.25. The van der Waals surface area contributed by atoms with Gasteiger partial charge in [-0.05, 0) is 42.7 Å². The topological polar surface area (TPSA) is 45.5 Å². The molecule has 2 aliphatic rings. The third-order valence-electron chi connectivity index (χ3n) is 5.24. The Bertz CT molecular complexity index is 738. The third-order valence-corrected chi connectivity index (χ3v) is 6.18. The molecule has 5 heteroatoms. The van der Waals surface area contributed by atoms with E-state index in [9.17, 15) is 4.79 Å². The molecule has 1 amide bonds. The second kappa shape index (κ2) is 7.26. The molecule has 1 aromatic carbocycles. The smallest absolute Gasteiger partial charge is 0.228 e. The van der Waals surface area contributed by atoms with Crippen LogP contribution in [0.25, 0.3) is 0 Å². The Kier molecular flexibility index (Phi) is 4.86. The maximum atomic E-state index is 12.6. The van der Waals surface area contributed by atoms with Crippen molar-refractivity contribution >= 4 is 23.4 Å². The highest BCUT2D eigenvalue weighted by molar-refractivity contribution is 7.99. The SMILES string of the molecule is Cc1c(CN2CCSCC2)cccc1NC(=O)[C@@H]1C[C@H]1c1ccco1. The van der Waals surface area contributed by atoms with Crippen molar-refractivity contribution in [3.05, 3.63) is 53.5 Å². The second-order valence-electron chi connectivity index (χ2n) is 6.93. The molecule has 1 saturated carbocycles. The zero-order valence-corrected chi connectivity index (χ0v) is 15.3. The zero-order chi connectivity index (χ0) is 17.2. The Hall–Kier alpha value is -1.72. The molecule has 4 rings (SSSR count). The largest absolute Gasteiger partial charge is 0.469 e. The number of benzene rings is 1. The Labute approximate surface area is 153 Å². The molecule has 1 saturated heterocycles. The van der Waals surface area contributed by atoms with Gasteiger partial charge < -0.3 is 9.73 Å². The molecule has 0 spiro atoms. The van der Waals surface area contributed by atoms with Gasteiger partial charge in [-0.1, -0.05) is 12.1 Å². The van der Waals surface area contributed by atoms with Gasteiger partial charge in [-0.2, -0.15) is 11.8 Å². The van der Waals surface area contributed by atoms with E-state index in [1.54, 1.807) is 6.26 Å². The van der Waals surface area contributed by atoms with Gasteiger partial charge in [-0.25, -0.2) is 0 Å². The van der Waals surface area contributed by atoms with Gasteiger partial charge in [-0.15, -0.1) is 0 Å². The number of carbonyl (C=O) groups excluding carboxylic acids is 1. The highest BCUT2D eigenvalue weighted by Gasteiger charge is 2.45. The van der Waals surface area contributed by atoms with Gasteiger partial charge in [0.05, 0.1) is 6.26 Å². The van der Waals surface area contributed by atoms with Crippen LogP contribution in [-0.2, 0) is 11.3 Å². The molecule has 25 heavy (non-hydrogen) atoms. The Morgan fingerprint density at radius 3 is 2.88 bits per heavy atom. The molecule has 0 radical (unpaired) electrons. The van der Waals surface area contributed by atoms with Crippen molar-refractivity contribution in [3.8, 4) is 0 Å². The van der Waals surface area contributed by atoms with Crippen LogP contribution in [-0.4, -0.2) is 35.4 Å². The first-order chi connectivity index (χ1) is 12.2. The maximum absolute atomic E-state index is 12.6. The highest BCUT2D eigenvalue weighted by atomic mass is 32.2. The lowest BCUT2D eigenvalue weighted by atomic mass is 10.1. The summed E-state index contributed by atoms with van der Waals surface area (Å²) in [6.07, 6.45) is 2.55. The molecule has 0 bridgehead atoms. The monoisotopic (exact) mass is 356 g/mol. The summed E-state index contributed by atoms with van der Waals surface area (Å²) in [4.78, 5) is 15.1. The van der Waals surface area contributed by atoms with Crippen LogP contribution >= 0.6 is 11.8 Å². The summed E-state index contributed by atoms with van der Waals surface area (Å²) in [7, 11) is 0. The van der Waals surface area contributed by atoms with E-state index in [0.717, 1.165) is 37.5 Å². The van der Waals surface area contributed by atoms with Crippen molar-refractivity contribution in [2.24, 2.45) is 5.92 Å². The number of rotatable bonds is 5. The normalized spacial score (nSPS) is 23.4. The molecule has 2 aromatic rings. The number of amides is 1. The van der Waals surface area contributed by atoms with Crippen molar-refractivity contribution in [3.63, 3.8) is 0 Å². The molecule has 132 valence electrons. The first-order valence-corrected chi connectivity index (χ1v) is 10.1. The van der Waals surface area contributed by atoms with E-state index in [1.807, 2.05) is 36.0 Å². The molecule has 2 fully saturated rings. The number of hydrogen-bond donors (Lipinski definition) is 1. The minimum absolute atomic E-state index is 0.0355. The summed E-state index contributed by atoms with van der Waals surface area (Å²) in [5.74, 6) is 3.73. The average molecular weight is 356 g/mol. The molecular formula is C20H24N2O2S. The van der Waals surface area contributed by atoms with Crippen LogP contribution in [0.3, 0.4) is 0 Å². The summed E-state index contributed by atoms with van der Waals surface area (Å²) in [6, 6.07) is 10.1. The number of furan rings is 1. The van der Waals surface area contributed by atoms with E-state index in [2.05, 4.69) is 23.2 Å². The molecule has 2 atom stereocenters. The van der Waals surface area contributed by atoms with Gasteiger partial charge in [0.1, 0.15) is 5.76 Å². The predicted molar refractivity (Wildman–Crippen MR) is 102 cm³/mol. The van der Waals surface area contributed by atoms with Gasteiger partial charge in [0.2, 0.25) is 5.91 Å². The summed E-state index contributed by atoms with van der Waals surface area (Å²) in [5.41, 5.74) is 3.44. The molecule has 1 aromatic heterocycles. The van der Waals surface area contributed by atoms with Crippen molar-refractivity contribution in [1.29, 1.82) is 0 Å². The fraction of sp³-hybridized carbons (Fsp3) is 0.450. The van der Waals surface area contributed by atoms with Crippen LogP contribution in [0.15, 0.2) is 41.0 Å². The fourth-order valence-corrected chi connectivity index (χ4v) is 4.50. The summed E-state index contributed by atoms with van der Waals surface area (Å²) in [5, 5.41) is 3.14. The van der Waals surface area contributed by atoms with E-state index in [-0.39, 0.29) is 17.7 Å². The number of anilines is 1. The molecule has 1 aliphatic heterocycles. The summed E-state index contributed by atoms with van der Waals surface area (Å²) in [6.45, 7) is 5.37. The number of nitrogens with zero attached hydrogens (tertiary/aromatic N) is 1. The van der Waals surface area contributed by atoms with Crippen LogP contribution in [0.5, 0.6) is 0 Å². The Morgan fingerprint density at radius 2 is 2.12 bits per heavy atom. The standard InChI is InChI=1S/C20H24N2O2S/c1-14-15(13-22-7-10-25-11-8-22)4-2-5-18(14)21-20(23)17-12-16(17)19-6-3-9-24-19/h2-6,9,16-17H,7-8,10-13H2,1H3,(H,21,23)/t16-,17-/m1/s1. The molecule has 2 heterocycles. The lowest BCUT2D eigenvalue weighted by molar-refractivity contribution is -0.117. The molecule has 1 aliphatic carbocycles. The Morgan fingerprint density at radius 1 is 1.28 bits per heavy atom. The minimum Gasteiger partial charge on any atom is -0.469 e. The van der Waals surface area contributed by atoms with Crippen LogP contribution in [0, 0.1) is 12.8 Å². The number of thioether (sulfide) groups is 1. The van der Waals surface area contributed by atoms with Crippen molar-refractivity contribution in [2.75, 3.05) is 29.9 Å². The first kappa shape index (κ1) is 16.7. The molecule has 0 unspecified atom stereocenters. The summed E-state index contributed by atoms with van der Waals surface area (Å²) >= 11 is 2.03. The van der Waals surface area contributed by atoms with E-state index in [4.69, 9.17) is 4.42 Å². The van der Waals surface area contributed by atoms with Gasteiger partial charge in [0, 0.05) is 48.7 Å². The zero-order valence-electron chi connectivity index (χ0n) is 14.5. The molecule has 1 N–H and O–H groups in total. The van der Waals surface area contributed by atoms with E-state index in [0.29, 0.717) is 0 Å². The van der Waals surface area contributed by atoms with Gasteiger partial charge in [0.25, 0.3) is 0 Å². The van der Waals surface area contributed by atoms with Crippen molar-refractivity contribution in [1.82, 2.24) is 4.90 Å². The van der Waals surface area contributed by atoms with Gasteiger partial charge in [-0.3, -0.25) is 9.69 Å². The maximum Gasteiger partial charge on any atom is 0.228 e. The van der Waals surface area contributed by atoms with Crippen molar-refractivity contribution in [2.45, 2.75) is 25.8 Å². The fourth-order valence-electron chi connectivity index (χ4n) is 3.52. The van der Waals surface area contributed by atoms with Gasteiger partial charge in [0.15, 0.2) is 0 Å². The first-order valence-electron chi connectivity index (χ1n) is 8.95. The lowest BCUT2D eigenvalue weighted by Gasteiger charge is -2.27. The van der Waals surface area contributed by atoms with Crippen LogP contribution in [0.2, 0.25) is 0 Å². The predicted octanol–water partition coefficient (Wildman–Crippen LogP) is 3.88. The third kappa shape index (κ3) is 3.77. The van der Waals surface area contributed by atoms with Crippen LogP contribution < -0.4 is 5.32 Å². The molecule has 4 nitrogen and oxygen atoms in total. The van der Waals surface area contributed by atoms with E-state index < -0.39 is 0 Å².